The number of nitriles is 1. The quantitative estimate of drug-likeness (QED) is 0.436. The second-order valence-electron chi connectivity index (χ2n) is 7.47. The molecule has 0 aliphatic carbocycles. The maximum Gasteiger partial charge on any atom is 0.175 e. The SMILES string of the molecule is Cc1nn2cc([C@H](C)Nc3ncnc(N)c3C#N)c(-c3cccc(S(C)(=O)=O)c3)nc2c1Cl. The van der Waals surface area contributed by atoms with Gasteiger partial charge in [-0.05, 0) is 26.0 Å². The molecule has 1 atom stereocenters. The summed E-state index contributed by atoms with van der Waals surface area (Å²) >= 11 is 6.40. The second-order valence-corrected chi connectivity index (χ2v) is 9.87. The predicted octanol–water partition coefficient (Wildman–Crippen LogP) is 3.18. The highest BCUT2D eigenvalue weighted by Crippen LogP contribution is 2.33. The van der Waals surface area contributed by atoms with Crippen LogP contribution in [0.2, 0.25) is 5.02 Å². The van der Waals surface area contributed by atoms with Crippen molar-refractivity contribution in [1.29, 1.82) is 5.26 Å². The van der Waals surface area contributed by atoms with Crippen molar-refractivity contribution in [3.63, 3.8) is 0 Å². The average Bonchev–Trinajstić information content (AvgIpc) is 3.05. The van der Waals surface area contributed by atoms with E-state index in [4.69, 9.17) is 22.3 Å². The Kier molecular flexibility index (Phi) is 5.65. The summed E-state index contributed by atoms with van der Waals surface area (Å²) in [7, 11) is -3.43. The number of nitrogens with zero attached hydrogens (tertiary/aromatic N) is 6. The van der Waals surface area contributed by atoms with Crippen molar-refractivity contribution in [1.82, 2.24) is 24.6 Å². The molecule has 168 valence electrons. The first-order chi connectivity index (χ1) is 15.6. The Bertz CT molecular complexity index is 1540. The first kappa shape index (κ1) is 22.4. The minimum absolute atomic E-state index is 0.0614. The molecule has 0 saturated carbocycles. The highest BCUT2D eigenvalue weighted by atomic mass is 35.5. The Hall–Kier alpha value is -3.75. The maximum absolute atomic E-state index is 12.1. The first-order valence-corrected chi connectivity index (χ1v) is 12.0. The van der Waals surface area contributed by atoms with Gasteiger partial charge in [-0.1, -0.05) is 23.7 Å². The second kappa shape index (κ2) is 8.31. The number of aromatic nitrogens is 5. The van der Waals surface area contributed by atoms with Crippen LogP contribution in [0.3, 0.4) is 0 Å². The summed E-state index contributed by atoms with van der Waals surface area (Å²) in [6.07, 6.45) is 4.17. The van der Waals surface area contributed by atoms with E-state index in [1.807, 2.05) is 13.0 Å². The van der Waals surface area contributed by atoms with Crippen molar-refractivity contribution < 1.29 is 8.42 Å². The molecule has 33 heavy (non-hydrogen) atoms. The number of hydrogen-bond acceptors (Lipinski definition) is 9. The van der Waals surface area contributed by atoms with Crippen LogP contribution in [0.5, 0.6) is 0 Å². The molecule has 3 N–H and O–H groups in total. The molecular weight excluding hydrogens is 464 g/mol. The first-order valence-electron chi connectivity index (χ1n) is 9.73. The summed E-state index contributed by atoms with van der Waals surface area (Å²) < 4.78 is 25.8. The van der Waals surface area contributed by atoms with Crippen LogP contribution in [0.4, 0.5) is 11.6 Å². The number of nitrogens with two attached hydrogens (primary N) is 1. The monoisotopic (exact) mass is 482 g/mol. The number of halogens is 1. The van der Waals surface area contributed by atoms with Crippen molar-refractivity contribution in [2.24, 2.45) is 0 Å². The van der Waals surface area contributed by atoms with Gasteiger partial charge in [0.05, 0.1) is 22.3 Å². The number of hydrogen-bond donors (Lipinski definition) is 2. The van der Waals surface area contributed by atoms with Gasteiger partial charge in [-0.3, -0.25) is 0 Å². The third-order valence-corrected chi connectivity index (χ3v) is 6.64. The Labute approximate surface area is 195 Å². The van der Waals surface area contributed by atoms with Crippen LogP contribution in [-0.4, -0.2) is 39.2 Å². The summed E-state index contributed by atoms with van der Waals surface area (Å²) in [5.41, 5.74) is 8.74. The normalized spacial score (nSPS) is 12.5. The number of sulfone groups is 1. The number of nitrogens with one attached hydrogen (secondary N) is 1. The third kappa shape index (κ3) is 4.18. The predicted molar refractivity (Wildman–Crippen MR) is 124 cm³/mol. The molecule has 0 fully saturated rings. The number of anilines is 2. The highest BCUT2D eigenvalue weighted by molar-refractivity contribution is 7.90. The number of rotatable bonds is 5. The van der Waals surface area contributed by atoms with Gasteiger partial charge in [-0.15, -0.1) is 0 Å². The Morgan fingerprint density at radius 3 is 2.76 bits per heavy atom. The summed E-state index contributed by atoms with van der Waals surface area (Å²) in [6, 6.07) is 8.08. The van der Waals surface area contributed by atoms with Crippen molar-refractivity contribution in [3.05, 3.63) is 58.6 Å². The fourth-order valence-corrected chi connectivity index (χ4v) is 4.23. The Morgan fingerprint density at radius 2 is 2.06 bits per heavy atom. The number of nitrogen functional groups attached to an aromatic ring is 1. The molecule has 4 rings (SSSR count). The van der Waals surface area contributed by atoms with Crippen LogP contribution in [0.25, 0.3) is 16.9 Å². The molecule has 0 bridgehead atoms. The molecule has 0 radical (unpaired) electrons. The van der Waals surface area contributed by atoms with Gasteiger partial charge in [0.25, 0.3) is 0 Å². The summed E-state index contributed by atoms with van der Waals surface area (Å²) in [6.45, 7) is 3.62. The molecule has 0 saturated heterocycles. The van der Waals surface area contributed by atoms with Crippen LogP contribution >= 0.6 is 11.6 Å². The highest BCUT2D eigenvalue weighted by Gasteiger charge is 2.21. The number of benzene rings is 1. The fourth-order valence-electron chi connectivity index (χ4n) is 3.39. The molecule has 3 heterocycles. The van der Waals surface area contributed by atoms with Crippen LogP contribution in [0.1, 0.15) is 29.8 Å². The summed E-state index contributed by atoms with van der Waals surface area (Å²) in [5, 5.41) is 17.4. The lowest BCUT2D eigenvalue weighted by Gasteiger charge is -2.19. The number of fused-ring (bicyclic) bond motifs is 1. The lowest BCUT2D eigenvalue weighted by Crippen LogP contribution is -2.14. The van der Waals surface area contributed by atoms with Gasteiger partial charge in [-0.25, -0.2) is 27.9 Å². The molecule has 3 aromatic heterocycles. The zero-order valence-corrected chi connectivity index (χ0v) is 19.5. The van der Waals surface area contributed by atoms with E-state index in [0.717, 1.165) is 6.26 Å². The third-order valence-electron chi connectivity index (χ3n) is 5.08. The van der Waals surface area contributed by atoms with Crippen molar-refractivity contribution in [3.8, 4) is 17.3 Å². The van der Waals surface area contributed by atoms with Crippen LogP contribution < -0.4 is 11.1 Å². The molecule has 4 aromatic rings. The lowest BCUT2D eigenvalue weighted by atomic mass is 10.0. The van der Waals surface area contributed by atoms with E-state index in [9.17, 15) is 13.7 Å². The van der Waals surface area contributed by atoms with Crippen molar-refractivity contribution in [2.45, 2.75) is 24.8 Å². The molecule has 1 aromatic carbocycles. The molecular formula is C21H19ClN8O2S. The van der Waals surface area contributed by atoms with Gasteiger partial charge in [0, 0.05) is 23.6 Å². The van der Waals surface area contributed by atoms with Gasteiger partial charge in [-0.2, -0.15) is 10.4 Å². The van der Waals surface area contributed by atoms with E-state index in [1.54, 1.807) is 35.8 Å². The van der Waals surface area contributed by atoms with Gasteiger partial charge in [0.15, 0.2) is 15.5 Å². The van der Waals surface area contributed by atoms with E-state index in [0.29, 0.717) is 33.2 Å². The smallest absolute Gasteiger partial charge is 0.175 e. The van der Waals surface area contributed by atoms with Crippen molar-refractivity contribution >= 4 is 38.7 Å². The average molecular weight is 483 g/mol. The standard InChI is InChI=1S/C21H19ClN8O2S/c1-11(27-20-15(8-23)19(24)25-10-26-20)16-9-30-21(17(22)12(2)29-30)28-18(16)13-5-4-6-14(7-13)33(3,31)32/h4-7,9-11H,1-3H3,(H3,24,25,26,27)/t11-/m0/s1. The molecule has 0 aliphatic rings. The largest absolute Gasteiger partial charge is 0.382 e. The van der Waals surface area contributed by atoms with Gasteiger partial charge < -0.3 is 11.1 Å². The van der Waals surface area contributed by atoms with Crippen LogP contribution in [-0.2, 0) is 9.84 Å². The van der Waals surface area contributed by atoms with Crippen LogP contribution in [0, 0.1) is 18.3 Å². The Balaban J connectivity index is 1.91. The molecule has 10 nitrogen and oxygen atoms in total. The van der Waals surface area contributed by atoms with Crippen molar-refractivity contribution in [2.75, 3.05) is 17.3 Å². The lowest BCUT2D eigenvalue weighted by molar-refractivity contribution is 0.602. The minimum atomic E-state index is -3.43. The maximum atomic E-state index is 12.1. The Morgan fingerprint density at radius 1 is 1.30 bits per heavy atom. The minimum Gasteiger partial charge on any atom is -0.382 e. The van der Waals surface area contributed by atoms with E-state index in [-0.39, 0.29) is 22.1 Å². The van der Waals surface area contributed by atoms with Gasteiger partial charge in [0.1, 0.15) is 34.6 Å². The molecule has 0 amide bonds. The van der Waals surface area contributed by atoms with Gasteiger partial charge in [0.2, 0.25) is 0 Å². The summed E-state index contributed by atoms with van der Waals surface area (Å²) in [4.78, 5) is 12.9. The molecule has 0 aliphatic heterocycles. The fraction of sp³-hybridized carbons (Fsp3) is 0.190. The zero-order valence-electron chi connectivity index (χ0n) is 17.9. The van der Waals surface area contributed by atoms with Gasteiger partial charge >= 0.3 is 0 Å². The molecule has 0 spiro atoms. The van der Waals surface area contributed by atoms with E-state index in [2.05, 4.69) is 20.4 Å². The van der Waals surface area contributed by atoms with Crippen LogP contribution in [0.15, 0.2) is 41.7 Å². The topological polar surface area (TPSA) is 152 Å². The number of aryl methyl sites for hydroxylation is 1. The van der Waals surface area contributed by atoms with E-state index >= 15 is 0 Å². The summed E-state index contributed by atoms with van der Waals surface area (Å²) in [5.74, 6) is 0.328. The molecule has 12 heteroatoms. The van der Waals surface area contributed by atoms with E-state index in [1.165, 1.54) is 12.4 Å². The zero-order chi connectivity index (χ0) is 23.9. The van der Waals surface area contributed by atoms with E-state index < -0.39 is 15.9 Å². The molecule has 0 unspecified atom stereocenters.